The predicted octanol–water partition coefficient (Wildman–Crippen LogP) is 3.94. The molecule has 0 heterocycles. The summed E-state index contributed by atoms with van der Waals surface area (Å²) in [5.74, 6) is 0.284. The zero-order chi connectivity index (χ0) is 15.5. The van der Waals surface area contributed by atoms with Gasteiger partial charge in [0.1, 0.15) is 17.3 Å². The molecule has 1 aliphatic rings. The lowest BCUT2D eigenvalue weighted by Gasteiger charge is -2.39. The zero-order valence-electron chi connectivity index (χ0n) is 12.4. The number of halogens is 1. The van der Waals surface area contributed by atoms with Crippen molar-refractivity contribution in [3.63, 3.8) is 0 Å². The van der Waals surface area contributed by atoms with Gasteiger partial charge in [0.25, 0.3) is 0 Å². The first-order valence-electron chi connectivity index (χ1n) is 6.87. The fourth-order valence-corrected chi connectivity index (χ4v) is 2.93. The molecule has 0 N–H and O–H groups in total. The lowest BCUT2D eigenvalue weighted by atomic mass is 9.70. The SMILES string of the molecule is COC(=O)C1(C(C)Oc2ccccc2)C=C(Cl)C=CC1C. The molecule has 1 aromatic carbocycles. The number of hydrogen-bond acceptors (Lipinski definition) is 3. The molecule has 0 saturated heterocycles. The van der Waals surface area contributed by atoms with Crippen LogP contribution in [-0.2, 0) is 9.53 Å². The van der Waals surface area contributed by atoms with Gasteiger partial charge in [0.2, 0.25) is 0 Å². The minimum absolute atomic E-state index is 0.0776. The van der Waals surface area contributed by atoms with Crippen molar-refractivity contribution in [2.45, 2.75) is 20.0 Å². The van der Waals surface area contributed by atoms with E-state index in [-0.39, 0.29) is 11.9 Å². The summed E-state index contributed by atoms with van der Waals surface area (Å²) in [6, 6.07) is 9.41. The van der Waals surface area contributed by atoms with E-state index in [4.69, 9.17) is 21.1 Å². The van der Waals surface area contributed by atoms with E-state index in [1.54, 1.807) is 12.2 Å². The number of hydrogen-bond donors (Lipinski definition) is 0. The molecule has 0 saturated carbocycles. The summed E-state index contributed by atoms with van der Waals surface area (Å²) in [7, 11) is 1.38. The molecule has 0 fully saturated rings. The number of allylic oxidation sites excluding steroid dienone is 3. The van der Waals surface area contributed by atoms with Gasteiger partial charge in [0.15, 0.2) is 0 Å². The first-order chi connectivity index (χ1) is 10.0. The van der Waals surface area contributed by atoms with E-state index in [9.17, 15) is 4.79 Å². The molecular weight excluding hydrogens is 288 g/mol. The topological polar surface area (TPSA) is 35.5 Å². The molecule has 0 radical (unpaired) electrons. The molecule has 112 valence electrons. The third-order valence-electron chi connectivity index (χ3n) is 3.94. The van der Waals surface area contributed by atoms with Crippen LogP contribution in [0.1, 0.15) is 13.8 Å². The van der Waals surface area contributed by atoms with Crippen LogP contribution in [-0.4, -0.2) is 19.2 Å². The molecule has 1 aliphatic carbocycles. The van der Waals surface area contributed by atoms with Gasteiger partial charge in [-0.1, -0.05) is 42.8 Å². The molecule has 3 unspecified atom stereocenters. The molecule has 3 atom stereocenters. The lowest BCUT2D eigenvalue weighted by molar-refractivity contribution is -0.157. The van der Waals surface area contributed by atoms with Crippen LogP contribution in [0.15, 0.2) is 53.6 Å². The minimum Gasteiger partial charge on any atom is -0.489 e. The van der Waals surface area contributed by atoms with Crippen molar-refractivity contribution < 1.29 is 14.3 Å². The Morgan fingerprint density at radius 3 is 2.62 bits per heavy atom. The number of ether oxygens (including phenoxy) is 2. The molecule has 21 heavy (non-hydrogen) atoms. The van der Waals surface area contributed by atoms with Crippen molar-refractivity contribution in [1.29, 1.82) is 0 Å². The first kappa shape index (κ1) is 15.6. The fraction of sp³-hybridized carbons (Fsp3) is 0.353. The highest BCUT2D eigenvalue weighted by molar-refractivity contribution is 6.31. The Morgan fingerprint density at radius 1 is 1.33 bits per heavy atom. The number of carbonyl (C=O) groups is 1. The average Bonchev–Trinajstić information content (AvgIpc) is 2.49. The van der Waals surface area contributed by atoms with Gasteiger partial charge >= 0.3 is 5.97 Å². The molecule has 0 aliphatic heterocycles. The molecular formula is C17H19ClO3. The van der Waals surface area contributed by atoms with Gasteiger partial charge < -0.3 is 9.47 Å². The van der Waals surface area contributed by atoms with Crippen molar-refractivity contribution in [3.8, 4) is 5.75 Å². The van der Waals surface area contributed by atoms with E-state index in [1.165, 1.54) is 7.11 Å². The van der Waals surface area contributed by atoms with Crippen LogP contribution < -0.4 is 4.74 Å². The Hall–Kier alpha value is -1.74. The van der Waals surface area contributed by atoms with Gasteiger partial charge in [-0.3, -0.25) is 4.79 Å². The summed E-state index contributed by atoms with van der Waals surface area (Å²) in [5.41, 5.74) is -0.934. The van der Waals surface area contributed by atoms with Crippen LogP contribution in [0, 0.1) is 11.3 Å². The summed E-state index contributed by atoms with van der Waals surface area (Å²) in [6.07, 6.45) is 5.02. The van der Waals surface area contributed by atoms with Crippen LogP contribution in [0.3, 0.4) is 0 Å². The van der Waals surface area contributed by atoms with Gasteiger partial charge in [-0.05, 0) is 37.1 Å². The normalized spacial score (nSPS) is 25.9. The smallest absolute Gasteiger partial charge is 0.320 e. The number of para-hydroxylation sites is 1. The maximum absolute atomic E-state index is 12.4. The van der Waals surface area contributed by atoms with Crippen molar-refractivity contribution in [2.24, 2.45) is 11.3 Å². The standard InChI is InChI=1S/C17H19ClO3/c1-12-9-10-14(18)11-17(12,16(19)20-3)13(2)21-15-7-5-4-6-8-15/h4-13H,1-3H3. The largest absolute Gasteiger partial charge is 0.489 e. The fourth-order valence-electron chi connectivity index (χ4n) is 2.68. The summed E-state index contributed by atoms with van der Waals surface area (Å²) < 4.78 is 11.0. The summed E-state index contributed by atoms with van der Waals surface area (Å²) in [6.45, 7) is 3.82. The van der Waals surface area contributed by atoms with Crippen molar-refractivity contribution in [1.82, 2.24) is 0 Å². The zero-order valence-corrected chi connectivity index (χ0v) is 13.1. The highest BCUT2D eigenvalue weighted by Crippen LogP contribution is 2.42. The van der Waals surface area contributed by atoms with Crippen molar-refractivity contribution in [2.75, 3.05) is 7.11 Å². The number of carbonyl (C=O) groups excluding carboxylic acids is 1. The van der Waals surface area contributed by atoms with E-state index >= 15 is 0 Å². The third kappa shape index (κ3) is 2.98. The third-order valence-corrected chi connectivity index (χ3v) is 4.18. The highest BCUT2D eigenvalue weighted by Gasteiger charge is 2.49. The maximum Gasteiger partial charge on any atom is 0.320 e. The Morgan fingerprint density at radius 2 is 2.00 bits per heavy atom. The van der Waals surface area contributed by atoms with Crippen LogP contribution in [0.4, 0.5) is 0 Å². The van der Waals surface area contributed by atoms with Crippen LogP contribution in [0.25, 0.3) is 0 Å². The number of benzene rings is 1. The molecule has 0 spiro atoms. The average molecular weight is 307 g/mol. The van der Waals surface area contributed by atoms with E-state index in [2.05, 4.69) is 0 Å². The molecule has 0 bridgehead atoms. The van der Waals surface area contributed by atoms with E-state index in [0.717, 1.165) is 0 Å². The van der Waals surface area contributed by atoms with E-state index in [0.29, 0.717) is 10.8 Å². The van der Waals surface area contributed by atoms with Crippen LogP contribution in [0.2, 0.25) is 0 Å². The molecule has 1 aromatic rings. The number of methoxy groups -OCH3 is 1. The van der Waals surface area contributed by atoms with Crippen molar-refractivity contribution in [3.05, 3.63) is 53.6 Å². The monoisotopic (exact) mass is 306 g/mol. The van der Waals surface area contributed by atoms with Gasteiger partial charge in [0.05, 0.1) is 7.11 Å². The second-order valence-electron chi connectivity index (χ2n) is 5.17. The van der Waals surface area contributed by atoms with Gasteiger partial charge in [-0.15, -0.1) is 0 Å². The molecule has 0 aromatic heterocycles. The van der Waals surface area contributed by atoms with E-state index < -0.39 is 11.5 Å². The van der Waals surface area contributed by atoms with E-state index in [1.807, 2.05) is 50.3 Å². The summed E-state index contributed by atoms with van der Waals surface area (Å²) in [5, 5.41) is 0.516. The predicted molar refractivity (Wildman–Crippen MR) is 83.2 cm³/mol. The van der Waals surface area contributed by atoms with Gasteiger partial charge in [-0.2, -0.15) is 0 Å². The first-order valence-corrected chi connectivity index (χ1v) is 7.25. The molecule has 3 nitrogen and oxygen atoms in total. The van der Waals surface area contributed by atoms with Crippen LogP contribution >= 0.6 is 11.6 Å². The Balaban J connectivity index is 2.37. The highest BCUT2D eigenvalue weighted by atomic mass is 35.5. The summed E-state index contributed by atoms with van der Waals surface area (Å²) in [4.78, 5) is 12.4. The van der Waals surface area contributed by atoms with Gasteiger partial charge in [-0.25, -0.2) is 0 Å². The Labute approximate surface area is 130 Å². The molecule has 4 heteroatoms. The van der Waals surface area contributed by atoms with Crippen molar-refractivity contribution >= 4 is 17.6 Å². The summed E-state index contributed by atoms with van der Waals surface area (Å²) >= 11 is 6.13. The molecule has 0 amide bonds. The Kier molecular flexibility index (Phi) is 4.73. The molecule has 2 rings (SSSR count). The number of rotatable bonds is 4. The van der Waals surface area contributed by atoms with Crippen LogP contribution in [0.5, 0.6) is 5.75 Å². The second kappa shape index (κ2) is 6.35. The minimum atomic E-state index is -0.934. The quantitative estimate of drug-likeness (QED) is 0.790. The van der Waals surface area contributed by atoms with Gasteiger partial charge in [0, 0.05) is 5.03 Å². The Bertz CT molecular complexity index is 565. The maximum atomic E-state index is 12.4. The number of esters is 1. The second-order valence-corrected chi connectivity index (χ2v) is 5.61. The lowest BCUT2D eigenvalue weighted by Crippen LogP contribution is -2.48.